The Hall–Kier alpha value is -0.820. The molecule has 0 radical (unpaired) electrons. The molecule has 2 rings (SSSR count). The molecule has 0 amide bonds. The highest BCUT2D eigenvalue weighted by atomic mass is 14.7. The molecule has 0 aliphatic heterocycles. The van der Waals surface area contributed by atoms with Crippen LogP contribution in [-0.4, -0.2) is 0 Å². The number of nitrogens with two attached hydrogens (primary N) is 1. The third-order valence-corrected chi connectivity index (χ3v) is 3.38. The predicted molar refractivity (Wildman–Crippen MR) is 60.4 cm³/mol. The number of benzene rings is 1. The summed E-state index contributed by atoms with van der Waals surface area (Å²) in [6, 6.07) is 7.03. The lowest BCUT2D eigenvalue weighted by atomic mass is 9.86. The SMILES string of the molecule is CCc1ccc2c(c1)[C@H](N)CC2(C)C. The van der Waals surface area contributed by atoms with Gasteiger partial charge in [-0.1, -0.05) is 39.0 Å². The highest BCUT2D eigenvalue weighted by Crippen LogP contribution is 2.43. The highest BCUT2D eigenvalue weighted by Gasteiger charge is 2.34. The van der Waals surface area contributed by atoms with E-state index in [4.69, 9.17) is 5.73 Å². The van der Waals surface area contributed by atoms with Gasteiger partial charge in [0.25, 0.3) is 0 Å². The first-order valence-corrected chi connectivity index (χ1v) is 5.43. The van der Waals surface area contributed by atoms with Crippen LogP contribution in [0.5, 0.6) is 0 Å². The molecule has 0 bridgehead atoms. The molecular weight excluding hydrogens is 170 g/mol. The van der Waals surface area contributed by atoms with Crippen molar-refractivity contribution in [3.63, 3.8) is 0 Å². The van der Waals surface area contributed by atoms with Gasteiger partial charge in [-0.3, -0.25) is 0 Å². The molecule has 0 heterocycles. The van der Waals surface area contributed by atoms with E-state index in [9.17, 15) is 0 Å². The van der Waals surface area contributed by atoms with Gasteiger partial charge < -0.3 is 5.73 Å². The van der Waals surface area contributed by atoms with Gasteiger partial charge in [0.1, 0.15) is 0 Å². The summed E-state index contributed by atoms with van der Waals surface area (Å²) in [6.45, 7) is 6.75. The van der Waals surface area contributed by atoms with Crippen LogP contribution in [0.3, 0.4) is 0 Å². The van der Waals surface area contributed by atoms with E-state index in [1.807, 2.05) is 0 Å². The fraction of sp³-hybridized carbons (Fsp3) is 0.538. The van der Waals surface area contributed by atoms with Crippen LogP contribution in [0, 0.1) is 0 Å². The molecule has 1 aliphatic rings. The minimum absolute atomic E-state index is 0.242. The minimum atomic E-state index is 0.242. The summed E-state index contributed by atoms with van der Waals surface area (Å²) >= 11 is 0. The molecule has 0 unspecified atom stereocenters. The molecule has 0 saturated carbocycles. The second-order valence-corrected chi connectivity index (χ2v) is 4.97. The van der Waals surface area contributed by atoms with E-state index in [-0.39, 0.29) is 11.5 Å². The van der Waals surface area contributed by atoms with Crippen LogP contribution in [0.1, 0.15) is 49.9 Å². The van der Waals surface area contributed by atoms with E-state index in [1.165, 1.54) is 16.7 Å². The van der Waals surface area contributed by atoms with Gasteiger partial charge in [-0.25, -0.2) is 0 Å². The molecule has 76 valence electrons. The Labute approximate surface area is 86.3 Å². The van der Waals surface area contributed by atoms with E-state index in [0.29, 0.717) is 0 Å². The van der Waals surface area contributed by atoms with E-state index in [2.05, 4.69) is 39.0 Å². The Balaban J connectivity index is 2.52. The van der Waals surface area contributed by atoms with Crippen LogP contribution in [-0.2, 0) is 11.8 Å². The first-order valence-electron chi connectivity index (χ1n) is 5.43. The van der Waals surface area contributed by atoms with Crippen molar-refractivity contribution < 1.29 is 0 Å². The van der Waals surface area contributed by atoms with Crippen molar-refractivity contribution in [1.29, 1.82) is 0 Å². The maximum Gasteiger partial charge on any atom is 0.0306 e. The monoisotopic (exact) mass is 189 g/mol. The number of hydrogen-bond acceptors (Lipinski definition) is 1. The Morgan fingerprint density at radius 2 is 2.14 bits per heavy atom. The van der Waals surface area contributed by atoms with Crippen LogP contribution >= 0.6 is 0 Å². The van der Waals surface area contributed by atoms with Crippen LogP contribution < -0.4 is 5.73 Å². The van der Waals surface area contributed by atoms with E-state index < -0.39 is 0 Å². The van der Waals surface area contributed by atoms with Gasteiger partial charge in [0.05, 0.1) is 0 Å². The van der Waals surface area contributed by atoms with Gasteiger partial charge in [-0.2, -0.15) is 0 Å². The minimum Gasteiger partial charge on any atom is -0.324 e. The molecule has 0 saturated heterocycles. The number of aryl methyl sites for hydroxylation is 1. The van der Waals surface area contributed by atoms with Crippen LogP contribution in [0.25, 0.3) is 0 Å². The Morgan fingerprint density at radius 3 is 2.79 bits per heavy atom. The van der Waals surface area contributed by atoms with Crippen LogP contribution in [0.15, 0.2) is 18.2 Å². The Morgan fingerprint density at radius 1 is 1.43 bits per heavy atom. The summed E-state index contributed by atoms with van der Waals surface area (Å²) in [6.07, 6.45) is 2.18. The molecule has 1 aliphatic carbocycles. The summed E-state index contributed by atoms with van der Waals surface area (Å²) < 4.78 is 0. The lowest BCUT2D eigenvalue weighted by molar-refractivity contribution is 0.481. The number of hydrogen-bond donors (Lipinski definition) is 1. The topological polar surface area (TPSA) is 26.0 Å². The van der Waals surface area contributed by atoms with Crippen LogP contribution in [0.2, 0.25) is 0 Å². The van der Waals surface area contributed by atoms with Crippen molar-refractivity contribution in [3.05, 3.63) is 34.9 Å². The summed E-state index contributed by atoms with van der Waals surface area (Å²) in [5.74, 6) is 0. The zero-order valence-corrected chi connectivity index (χ0v) is 9.30. The van der Waals surface area contributed by atoms with Gasteiger partial charge in [-0.15, -0.1) is 0 Å². The highest BCUT2D eigenvalue weighted by molar-refractivity contribution is 5.43. The summed E-state index contributed by atoms with van der Waals surface area (Å²) in [5.41, 5.74) is 10.6. The molecule has 2 N–H and O–H groups in total. The second kappa shape index (κ2) is 3.09. The molecular formula is C13H19N. The average Bonchev–Trinajstić information content (AvgIpc) is 2.37. The molecule has 1 atom stereocenters. The van der Waals surface area contributed by atoms with E-state index in [0.717, 1.165) is 12.8 Å². The smallest absolute Gasteiger partial charge is 0.0306 e. The fourth-order valence-corrected chi connectivity index (χ4v) is 2.52. The molecule has 1 aromatic carbocycles. The maximum absolute atomic E-state index is 6.15. The standard InChI is InChI=1S/C13H19N/c1-4-9-5-6-11-10(7-9)12(14)8-13(11,2)3/h5-7,12H,4,8,14H2,1-3H3/t12-/m1/s1. The van der Waals surface area contributed by atoms with Crippen molar-refractivity contribution >= 4 is 0 Å². The predicted octanol–water partition coefficient (Wildman–Crippen LogP) is 2.93. The molecule has 0 aromatic heterocycles. The number of fused-ring (bicyclic) bond motifs is 1. The van der Waals surface area contributed by atoms with Gasteiger partial charge >= 0.3 is 0 Å². The lowest BCUT2D eigenvalue weighted by Gasteiger charge is -2.18. The van der Waals surface area contributed by atoms with Gasteiger partial charge in [0, 0.05) is 6.04 Å². The normalized spacial score (nSPS) is 23.6. The quantitative estimate of drug-likeness (QED) is 0.722. The summed E-state index contributed by atoms with van der Waals surface area (Å²) in [5, 5.41) is 0. The second-order valence-electron chi connectivity index (χ2n) is 4.97. The van der Waals surface area contributed by atoms with Gasteiger partial charge in [0.15, 0.2) is 0 Å². The summed E-state index contributed by atoms with van der Waals surface area (Å²) in [7, 11) is 0. The zero-order chi connectivity index (χ0) is 10.3. The third-order valence-electron chi connectivity index (χ3n) is 3.38. The Kier molecular flexibility index (Phi) is 2.15. The molecule has 0 spiro atoms. The molecule has 1 heteroatoms. The molecule has 1 nitrogen and oxygen atoms in total. The maximum atomic E-state index is 6.15. The molecule has 14 heavy (non-hydrogen) atoms. The van der Waals surface area contributed by atoms with Crippen molar-refractivity contribution in [2.24, 2.45) is 5.73 Å². The number of rotatable bonds is 1. The van der Waals surface area contributed by atoms with Crippen molar-refractivity contribution in [2.75, 3.05) is 0 Å². The van der Waals surface area contributed by atoms with Crippen molar-refractivity contribution in [1.82, 2.24) is 0 Å². The lowest BCUT2D eigenvalue weighted by Crippen LogP contribution is -2.14. The largest absolute Gasteiger partial charge is 0.324 e. The van der Waals surface area contributed by atoms with Crippen LogP contribution in [0.4, 0.5) is 0 Å². The molecule has 0 fully saturated rings. The average molecular weight is 189 g/mol. The van der Waals surface area contributed by atoms with E-state index in [1.54, 1.807) is 0 Å². The Bertz CT molecular complexity index is 352. The fourth-order valence-electron chi connectivity index (χ4n) is 2.52. The molecule has 1 aromatic rings. The first kappa shape index (κ1) is 9.72. The summed E-state index contributed by atoms with van der Waals surface area (Å²) in [4.78, 5) is 0. The zero-order valence-electron chi connectivity index (χ0n) is 9.30. The van der Waals surface area contributed by atoms with Gasteiger partial charge in [-0.05, 0) is 34.9 Å². The van der Waals surface area contributed by atoms with E-state index >= 15 is 0 Å². The van der Waals surface area contributed by atoms with Crippen molar-refractivity contribution in [2.45, 2.75) is 45.1 Å². The first-order chi connectivity index (χ1) is 6.54. The van der Waals surface area contributed by atoms with Gasteiger partial charge in [0.2, 0.25) is 0 Å². The van der Waals surface area contributed by atoms with Crippen molar-refractivity contribution in [3.8, 4) is 0 Å². The third kappa shape index (κ3) is 1.36.